The summed E-state index contributed by atoms with van der Waals surface area (Å²) < 4.78 is 7.23. The predicted octanol–water partition coefficient (Wildman–Crippen LogP) is 4.77. The van der Waals surface area contributed by atoms with Crippen molar-refractivity contribution < 1.29 is 14.3 Å². The van der Waals surface area contributed by atoms with Gasteiger partial charge in [0.1, 0.15) is 0 Å². The minimum absolute atomic E-state index is 0.0127. The molecule has 31 heavy (non-hydrogen) atoms. The van der Waals surface area contributed by atoms with E-state index in [1.807, 2.05) is 34.8 Å². The topological polar surface area (TPSA) is 54.8 Å². The molecule has 0 fully saturated rings. The van der Waals surface area contributed by atoms with Gasteiger partial charge in [-0.25, -0.2) is 0 Å². The molecule has 0 aromatic carbocycles. The average molecular weight is 436 g/mol. The minimum Gasteiger partial charge on any atom is -0.383 e. The maximum Gasteiger partial charge on any atom is 0.242 e. The molecule has 0 saturated heterocycles. The predicted molar refractivity (Wildman–Crippen MR) is 127 cm³/mol. The van der Waals surface area contributed by atoms with Gasteiger partial charge in [-0.05, 0) is 25.0 Å². The number of nitrogens with zero attached hydrogens (tertiary/aromatic N) is 3. The fourth-order valence-corrected chi connectivity index (χ4v) is 3.65. The Balaban J connectivity index is 2.61. The smallest absolute Gasteiger partial charge is 0.242 e. The van der Waals surface area contributed by atoms with Crippen molar-refractivity contribution in [3.63, 3.8) is 0 Å². The number of hydrogen-bond acceptors (Lipinski definition) is 3. The quantitative estimate of drug-likeness (QED) is 0.312. The third-order valence-electron chi connectivity index (χ3n) is 5.78. The summed E-state index contributed by atoms with van der Waals surface area (Å²) in [5.74, 6) is 0.0759. The van der Waals surface area contributed by atoms with Gasteiger partial charge in [0.2, 0.25) is 11.8 Å². The van der Waals surface area contributed by atoms with Gasteiger partial charge >= 0.3 is 0 Å². The molecule has 6 nitrogen and oxygen atoms in total. The SMILES string of the molecule is CCCCCCCCCC(=O)N(CCOC)CC(=O)N(CCCC)Cc1cccn1C. The number of carbonyl (C=O) groups excluding carboxylic acids is 2. The molecule has 1 rings (SSSR count). The molecule has 0 unspecified atom stereocenters. The van der Waals surface area contributed by atoms with Crippen LogP contribution in [-0.4, -0.2) is 59.5 Å². The second kappa shape index (κ2) is 16.8. The van der Waals surface area contributed by atoms with E-state index in [1.54, 1.807) is 12.0 Å². The van der Waals surface area contributed by atoms with Gasteiger partial charge in [-0.3, -0.25) is 9.59 Å². The van der Waals surface area contributed by atoms with E-state index >= 15 is 0 Å². The van der Waals surface area contributed by atoms with E-state index in [0.29, 0.717) is 32.7 Å². The molecule has 0 atom stereocenters. The summed E-state index contributed by atoms with van der Waals surface area (Å²) in [6.45, 7) is 6.68. The number of aryl methyl sites for hydroxylation is 1. The summed E-state index contributed by atoms with van der Waals surface area (Å²) in [5.41, 5.74) is 1.10. The van der Waals surface area contributed by atoms with Crippen molar-refractivity contribution >= 4 is 11.8 Å². The maximum atomic E-state index is 13.1. The Morgan fingerprint density at radius 3 is 2.19 bits per heavy atom. The van der Waals surface area contributed by atoms with Gasteiger partial charge in [0.15, 0.2) is 0 Å². The monoisotopic (exact) mass is 435 g/mol. The van der Waals surface area contributed by atoms with Crippen LogP contribution < -0.4 is 0 Å². The van der Waals surface area contributed by atoms with Crippen LogP contribution in [0.4, 0.5) is 0 Å². The summed E-state index contributed by atoms with van der Waals surface area (Å²) in [4.78, 5) is 29.5. The van der Waals surface area contributed by atoms with Crippen LogP contribution in [0.2, 0.25) is 0 Å². The van der Waals surface area contributed by atoms with Crippen molar-refractivity contribution in [1.82, 2.24) is 14.4 Å². The number of aromatic nitrogens is 1. The van der Waals surface area contributed by atoms with Crippen LogP contribution in [0.25, 0.3) is 0 Å². The molecule has 0 aliphatic rings. The Kier molecular flexibility index (Phi) is 14.8. The molecule has 1 heterocycles. The van der Waals surface area contributed by atoms with Crippen LogP contribution in [0.5, 0.6) is 0 Å². The van der Waals surface area contributed by atoms with E-state index in [9.17, 15) is 9.59 Å². The van der Waals surface area contributed by atoms with Crippen molar-refractivity contribution in [3.8, 4) is 0 Å². The van der Waals surface area contributed by atoms with Crippen LogP contribution >= 0.6 is 0 Å². The van der Waals surface area contributed by atoms with Crippen LogP contribution in [0.15, 0.2) is 18.3 Å². The molecule has 0 saturated carbocycles. The normalized spacial score (nSPS) is 11.0. The zero-order valence-corrected chi connectivity index (χ0v) is 20.4. The Hall–Kier alpha value is -1.82. The van der Waals surface area contributed by atoms with E-state index in [4.69, 9.17) is 4.74 Å². The van der Waals surface area contributed by atoms with Gasteiger partial charge in [-0.1, -0.05) is 58.8 Å². The highest BCUT2D eigenvalue weighted by Crippen LogP contribution is 2.11. The first-order valence-electron chi connectivity index (χ1n) is 12.2. The number of unbranched alkanes of at least 4 members (excludes halogenated alkanes) is 7. The lowest BCUT2D eigenvalue weighted by atomic mass is 10.1. The summed E-state index contributed by atoms with van der Waals surface area (Å²) in [7, 11) is 3.62. The molecule has 0 N–H and O–H groups in total. The molecule has 1 aromatic heterocycles. The molecular formula is C25H45N3O3. The summed E-state index contributed by atoms with van der Waals surface area (Å²) in [6.07, 6.45) is 12.7. The molecule has 1 aromatic rings. The van der Waals surface area contributed by atoms with Gasteiger partial charge in [-0.15, -0.1) is 0 Å². The van der Waals surface area contributed by atoms with E-state index < -0.39 is 0 Å². The third-order valence-corrected chi connectivity index (χ3v) is 5.78. The highest BCUT2D eigenvalue weighted by molar-refractivity contribution is 5.84. The van der Waals surface area contributed by atoms with E-state index in [1.165, 1.54) is 32.1 Å². The number of methoxy groups -OCH3 is 1. The van der Waals surface area contributed by atoms with Crippen molar-refractivity contribution in [2.24, 2.45) is 7.05 Å². The average Bonchev–Trinajstić information content (AvgIpc) is 3.17. The Morgan fingerprint density at radius 2 is 1.58 bits per heavy atom. The van der Waals surface area contributed by atoms with Crippen LogP contribution in [0.3, 0.4) is 0 Å². The number of ether oxygens (including phenoxy) is 1. The summed E-state index contributed by atoms with van der Waals surface area (Å²) in [6, 6.07) is 4.04. The molecule has 2 amide bonds. The third kappa shape index (κ3) is 11.4. The van der Waals surface area contributed by atoms with Crippen molar-refractivity contribution in [2.45, 2.75) is 84.6 Å². The number of hydrogen-bond donors (Lipinski definition) is 0. The molecular weight excluding hydrogens is 390 g/mol. The Bertz CT molecular complexity index is 615. The van der Waals surface area contributed by atoms with Gasteiger partial charge in [0.25, 0.3) is 0 Å². The fourth-order valence-electron chi connectivity index (χ4n) is 3.65. The first-order valence-corrected chi connectivity index (χ1v) is 12.2. The van der Waals surface area contributed by atoms with Crippen molar-refractivity contribution in [2.75, 3.05) is 33.4 Å². The van der Waals surface area contributed by atoms with Gasteiger partial charge in [0.05, 0.1) is 19.7 Å². The molecule has 0 spiro atoms. The largest absolute Gasteiger partial charge is 0.383 e. The van der Waals surface area contributed by atoms with Crippen molar-refractivity contribution in [3.05, 3.63) is 24.0 Å². The van der Waals surface area contributed by atoms with Gasteiger partial charge in [-0.2, -0.15) is 0 Å². The van der Waals surface area contributed by atoms with Crippen LogP contribution in [-0.2, 0) is 27.9 Å². The second-order valence-corrected chi connectivity index (χ2v) is 8.46. The van der Waals surface area contributed by atoms with E-state index in [0.717, 1.165) is 31.4 Å². The first-order chi connectivity index (χ1) is 15.0. The van der Waals surface area contributed by atoms with Crippen molar-refractivity contribution in [1.29, 1.82) is 0 Å². The minimum atomic E-state index is 0.0127. The highest BCUT2D eigenvalue weighted by Gasteiger charge is 2.21. The lowest BCUT2D eigenvalue weighted by Gasteiger charge is -2.28. The van der Waals surface area contributed by atoms with Gasteiger partial charge < -0.3 is 19.1 Å². The number of rotatable bonds is 18. The van der Waals surface area contributed by atoms with Gasteiger partial charge in [0, 0.05) is 45.6 Å². The Morgan fingerprint density at radius 1 is 0.903 bits per heavy atom. The zero-order chi connectivity index (χ0) is 22.9. The molecule has 0 radical (unpaired) electrons. The molecule has 0 aliphatic carbocycles. The standard InChI is InChI=1S/C25H45N3O3/c1-5-7-9-10-11-12-13-16-24(29)28(19-20-31-4)22-25(30)27(18-8-6-2)21-23-15-14-17-26(23)3/h14-15,17H,5-13,16,18-22H2,1-4H3. The second-order valence-electron chi connectivity index (χ2n) is 8.46. The van der Waals surface area contributed by atoms with E-state index in [2.05, 4.69) is 13.8 Å². The lowest BCUT2D eigenvalue weighted by molar-refractivity contribution is -0.141. The van der Waals surface area contributed by atoms with Crippen LogP contribution in [0, 0.1) is 0 Å². The maximum absolute atomic E-state index is 13.1. The number of carbonyl (C=O) groups is 2. The Labute approximate surface area is 189 Å². The lowest BCUT2D eigenvalue weighted by Crippen LogP contribution is -2.44. The molecule has 178 valence electrons. The zero-order valence-electron chi connectivity index (χ0n) is 20.4. The fraction of sp³-hybridized carbons (Fsp3) is 0.760. The molecule has 6 heteroatoms. The summed E-state index contributed by atoms with van der Waals surface area (Å²) in [5, 5.41) is 0. The summed E-state index contributed by atoms with van der Waals surface area (Å²) >= 11 is 0. The van der Waals surface area contributed by atoms with Crippen LogP contribution in [0.1, 0.15) is 83.7 Å². The first kappa shape index (κ1) is 27.2. The molecule has 0 bridgehead atoms. The highest BCUT2D eigenvalue weighted by atomic mass is 16.5. The number of amides is 2. The molecule has 0 aliphatic heterocycles. The van der Waals surface area contributed by atoms with E-state index in [-0.39, 0.29) is 18.4 Å².